The highest BCUT2D eigenvalue weighted by molar-refractivity contribution is 7.80. The molecule has 0 saturated carbocycles. The van der Waals surface area contributed by atoms with Crippen molar-refractivity contribution < 1.29 is 9.53 Å². The minimum Gasteiger partial charge on any atom is -0.478 e. The molecule has 2 heterocycles. The van der Waals surface area contributed by atoms with Gasteiger partial charge in [-0.1, -0.05) is 12.1 Å². The number of piperazine rings is 1. The number of benzene rings is 2. The number of anilines is 2. The van der Waals surface area contributed by atoms with Gasteiger partial charge in [0.25, 0.3) is 5.88 Å². The summed E-state index contributed by atoms with van der Waals surface area (Å²) < 4.78 is 5.40. The van der Waals surface area contributed by atoms with Crippen LogP contribution in [0, 0.1) is 0 Å². The molecule has 1 aliphatic heterocycles. The van der Waals surface area contributed by atoms with Crippen molar-refractivity contribution in [3.8, 4) is 5.88 Å². The number of ketones is 1. The number of hydrogen-bond acceptors (Lipinski definition) is 6. The molecule has 0 aliphatic carbocycles. The number of nitrogens with zero attached hydrogens (tertiary/aromatic N) is 4. The smallest absolute Gasteiger partial charge is 0.258 e. The van der Waals surface area contributed by atoms with Gasteiger partial charge in [0, 0.05) is 37.4 Å². The molecule has 2 aromatic carbocycles. The van der Waals surface area contributed by atoms with E-state index in [1.165, 1.54) is 0 Å². The highest BCUT2D eigenvalue weighted by Crippen LogP contribution is 2.24. The zero-order valence-electron chi connectivity index (χ0n) is 17.0. The van der Waals surface area contributed by atoms with E-state index in [-0.39, 0.29) is 5.78 Å². The van der Waals surface area contributed by atoms with Crippen molar-refractivity contribution in [1.82, 2.24) is 14.9 Å². The second kappa shape index (κ2) is 8.62. The normalized spacial score (nSPS) is 13.9. The highest BCUT2D eigenvalue weighted by atomic mass is 32.1. The Kier molecular flexibility index (Phi) is 5.76. The van der Waals surface area contributed by atoms with E-state index in [2.05, 4.69) is 25.1 Å². The number of hydrogen-bond donors (Lipinski definition) is 1. The van der Waals surface area contributed by atoms with E-state index in [0.717, 1.165) is 48.5 Å². The molecule has 7 nitrogen and oxygen atoms in total. The van der Waals surface area contributed by atoms with Crippen molar-refractivity contribution in [1.29, 1.82) is 0 Å². The van der Waals surface area contributed by atoms with Crippen LogP contribution in [0.25, 0.3) is 11.0 Å². The minimum absolute atomic E-state index is 0.0787. The molecule has 0 spiro atoms. The lowest BCUT2D eigenvalue weighted by atomic mass is 10.1. The van der Waals surface area contributed by atoms with E-state index in [1.807, 2.05) is 48.5 Å². The fraction of sp³-hybridized carbons (Fsp3) is 0.273. The SMILES string of the molecule is COc1nc2ccccc2nc1NC(=S)N1CCN(c2ccc(C(C)=O)cc2)CC1. The highest BCUT2D eigenvalue weighted by Gasteiger charge is 2.21. The van der Waals surface area contributed by atoms with Crippen LogP contribution < -0.4 is 15.0 Å². The van der Waals surface area contributed by atoms with Crippen molar-refractivity contribution in [2.45, 2.75) is 6.92 Å². The third-order valence-electron chi connectivity index (χ3n) is 5.16. The zero-order valence-corrected chi connectivity index (χ0v) is 17.8. The summed E-state index contributed by atoms with van der Waals surface area (Å²) in [4.78, 5) is 25.0. The predicted molar refractivity (Wildman–Crippen MR) is 123 cm³/mol. The first-order valence-corrected chi connectivity index (χ1v) is 10.2. The van der Waals surface area contributed by atoms with Crippen LogP contribution in [0.1, 0.15) is 17.3 Å². The molecule has 1 N–H and O–H groups in total. The standard InChI is InChI=1S/C22H23N5O2S/c1-15(28)16-7-9-17(10-8-16)26-11-13-27(14-12-26)22(30)25-20-21(29-2)24-19-6-4-3-5-18(19)23-20/h3-10H,11-14H2,1-2H3,(H,23,25,30). The fourth-order valence-electron chi connectivity index (χ4n) is 3.46. The van der Waals surface area contributed by atoms with E-state index < -0.39 is 0 Å². The number of nitrogens with one attached hydrogen (secondary N) is 1. The van der Waals surface area contributed by atoms with Crippen molar-refractivity contribution in [2.75, 3.05) is 43.5 Å². The molecule has 1 aliphatic rings. The first-order valence-electron chi connectivity index (χ1n) is 9.78. The Labute approximate surface area is 180 Å². The monoisotopic (exact) mass is 421 g/mol. The third-order valence-corrected chi connectivity index (χ3v) is 5.52. The number of aromatic nitrogens is 2. The maximum Gasteiger partial charge on any atom is 0.258 e. The number of thiocarbonyl (C=S) groups is 1. The Morgan fingerprint density at radius 2 is 1.63 bits per heavy atom. The van der Waals surface area contributed by atoms with Crippen LogP contribution in [-0.4, -0.2) is 59.1 Å². The number of para-hydroxylation sites is 2. The minimum atomic E-state index is 0.0787. The van der Waals surface area contributed by atoms with Gasteiger partial charge in [-0.3, -0.25) is 4.79 Å². The van der Waals surface area contributed by atoms with Gasteiger partial charge >= 0.3 is 0 Å². The molecule has 0 amide bonds. The topological polar surface area (TPSA) is 70.6 Å². The zero-order chi connectivity index (χ0) is 21.1. The number of carbonyl (C=O) groups excluding carboxylic acids is 1. The van der Waals surface area contributed by atoms with Crippen LogP contribution >= 0.6 is 12.2 Å². The molecule has 0 atom stereocenters. The van der Waals surface area contributed by atoms with Crippen LogP contribution in [0.4, 0.5) is 11.5 Å². The van der Waals surface area contributed by atoms with Gasteiger partial charge in [0.15, 0.2) is 16.7 Å². The molecular formula is C22H23N5O2S. The van der Waals surface area contributed by atoms with Gasteiger partial charge in [0.05, 0.1) is 18.1 Å². The number of fused-ring (bicyclic) bond motifs is 1. The Morgan fingerprint density at radius 3 is 2.23 bits per heavy atom. The molecular weight excluding hydrogens is 398 g/mol. The molecule has 1 saturated heterocycles. The van der Waals surface area contributed by atoms with Crippen molar-refractivity contribution in [3.63, 3.8) is 0 Å². The van der Waals surface area contributed by atoms with E-state index in [9.17, 15) is 4.79 Å². The summed E-state index contributed by atoms with van der Waals surface area (Å²) in [7, 11) is 1.57. The third kappa shape index (κ3) is 4.18. The van der Waals surface area contributed by atoms with Crippen LogP contribution in [0.2, 0.25) is 0 Å². The molecule has 0 radical (unpaired) electrons. The second-order valence-corrected chi connectivity index (χ2v) is 7.46. The average Bonchev–Trinajstić information content (AvgIpc) is 2.78. The number of Topliss-reactive ketones (excluding diaryl/α,β-unsaturated/α-hetero) is 1. The number of methoxy groups -OCH3 is 1. The van der Waals surface area contributed by atoms with Crippen molar-refractivity contribution >= 4 is 45.7 Å². The molecule has 0 bridgehead atoms. The van der Waals surface area contributed by atoms with Crippen LogP contribution in [0.15, 0.2) is 48.5 Å². The predicted octanol–water partition coefficient (Wildman–Crippen LogP) is 3.36. The molecule has 1 aromatic heterocycles. The number of ether oxygens (including phenoxy) is 1. The van der Waals surface area contributed by atoms with Gasteiger partial charge in [-0.15, -0.1) is 0 Å². The Bertz CT molecular complexity index is 1080. The van der Waals surface area contributed by atoms with Crippen LogP contribution in [0.3, 0.4) is 0 Å². The van der Waals surface area contributed by atoms with Gasteiger partial charge < -0.3 is 19.9 Å². The Balaban J connectivity index is 1.41. The molecule has 0 unspecified atom stereocenters. The van der Waals surface area contributed by atoms with E-state index in [4.69, 9.17) is 17.0 Å². The first kappa shape index (κ1) is 20.0. The molecule has 154 valence electrons. The summed E-state index contributed by atoms with van der Waals surface area (Å²) in [6.07, 6.45) is 0. The lowest BCUT2D eigenvalue weighted by molar-refractivity contribution is 0.101. The van der Waals surface area contributed by atoms with E-state index >= 15 is 0 Å². The number of rotatable bonds is 4. The van der Waals surface area contributed by atoms with E-state index in [0.29, 0.717) is 16.8 Å². The van der Waals surface area contributed by atoms with Gasteiger partial charge in [0.1, 0.15) is 0 Å². The summed E-state index contributed by atoms with van der Waals surface area (Å²) in [6, 6.07) is 15.4. The average molecular weight is 422 g/mol. The molecule has 4 rings (SSSR count). The number of carbonyl (C=O) groups is 1. The molecule has 30 heavy (non-hydrogen) atoms. The molecule has 1 fully saturated rings. The fourth-order valence-corrected chi connectivity index (χ4v) is 3.74. The maximum absolute atomic E-state index is 11.5. The van der Waals surface area contributed by atoms with Gasteiger partial charge in [-0.05, 0) is 55.5 Å². The summed E-state index contributed by atoms with van der Waals surface area (Å²) in [5.41, 5.74) is 3.39. The maximum atomic E-state index is 11.5. The van der Waals surface area contributed by atoms with Gasteiger partial charge in [-0.2, -0.15) is 0 Å². The Hall–Kier alpha value is -3.26. The van der Waals surface area contributed by atoms with Crippen molar-refractivity contribution in [2.24, 2.45) is 0 Å². The van der Waals surface area contributed by atoms with Crippen molar-refractivity contribution in [3.05, 3.63) is 54.1 Å². The molecule has 3 aromatic rings. The molecule has 8 heteroatoms. The van der Waals surface area contributed by atoms with E-state index in [1.54, 1.807) is 14.0 Å². The summed E-state index contributed by atoms with van der Waals surface area (Å²) in [6.45, 7) is 4.81. The van der Waals surface area contributed by atoms with Crippen LogP contribution in [0.5, 0.6) is 5.88 Å². The lowest BCUT2D eigenvalue weighted by Crippen LogP contribution is -2.50. The Morgan fingerprint density at radius 1 is 1.00 bits per heavy atom. The van der Waals surface area contributed by atoms with Gasteiger partial charge in [0.2, 0.25) is 0 Å². The summed E-state index contributed by atoms with van der Waals surface area (Å²) >= 11 is 5.62. The first-order chi connectivity index (χ1) is 14.5. The largest absolute Gasteiger partial charge is 0.478 e. The van der Waals surface area contributed by atoms with Crippen LogP contribution in [-0.2, 0) is 0 Å². The quantitative estimate of drug-likeness (QED) is 0.508. The summed E-state index contributed by atoms with van der Waals surface area (Å²) in [5, 5.41) is 3.80. The lowest BCUT2D eigenvalue weighted by Gasteiger charge is -2.37. The summed E-state index contributed by atoms with van der Waals surface area (Å²) in [5.74, 6) is 1.01. The second-order valence-electron chi connectivity index (χ2n) is 7.08. The van der Waals surface area contributed by atoms with Gasteiger partial charge in [-0.25, -0.2) is 9.97 Å².